The van der Waals surface area contributed by atoms with Crippen LogP contribution in [0.5, 0.6) is 0 Å². The topological polar surface area (TPSA) is 46.3 Å². The molecule has 1 saturated heterocycles. The molecule has 0 radical (unpaired) electrons. The first-order valence-electron chi connectivity index (χ1n) is 7.13. The monoisotopic (exact) mass is 290 g/mol. The molecular weight excluding hydrogens is 268 g/mol. The van der Waals surface area contributed by atoms with E-state index in [9.17, 15) is 4.79 Å². The Morgan fingerprint density at radius 1 is 1.30 bits per heavy atom. The number of hydrogen-bond acceptors (Lipinski definition) is 2. The maximum absolute atomic E-state index is 12.7. The molecule has 20 heavy (non-hydrogen) atoms. The van der Waals surface area contributed by atoms with E-state index in [1.165, 1.54) is 6.42 Å². The summed E-state index contributed by atoms with van der Waals surface area (Å²) in [5, 5.41) is 0. The Kier molecular flexibility index (Phi) is 4.76. The van der Waals surface area contributed by atoms with Crippen molar-refractivity contribution in [3.63, 3.8) is 0 Å². The van der Waals surface area contributed by atoms with E-state index < -0.39 is 0 Å². The molecule has 1 aromatic carbocycles. The molecule has 2 unspecified atom stereocenters. The molecule has 2 rings (SSSR count). The van der Waals surface area contributed by atoms with Crippen molar-refractivity contribution in [1.82, 2.24) is 4.90 Å². The molecule has 0 saturated carbocycles. The highest BCUT2D eigenvalue weighted by molar-refractivity contribution is 7.80. The summed E-state index contributed by atoms with van der Waals surface area (Å²) in [6, 6.07) is 7.63. The second-order valence-corrected chi connectivity index (χ2v) is 6.48. The summed E-state index contributed by atoms with van der Waals surface area (Å²) in [5.74, 6) is 1.23. The maximum atomic E-state index is 12.7. The van der Waals surface area contributed by atoms with Crippen molar-refractivity contribution in [1.29, 1.82) is 0 Å². The van der Waals surface area contributed by atoms with Crippen LogP contribution in [0.3, 0.4) is 0 Å². The predicted octanol–water partition coefficient (Wildman–Crippen LogP) is 2.63. The molecule has 1 aromatic rings. The van der Waals surface area contributed by atoms with Crippen LogP contribution in [0.25, 0.3) is 0 Å². The van der Waals surface area contributed by atoms with Gasteiger partial charge in [-0.15, -0.1) is 0 Å². The van der Waals surface area contributed by atoms with Crippen LogP contribution in [-0.2, 0) is 6.42 Å². The number of benzene rings is 1. The summed E-state index contributed by atoms with van der Waals surface area (Å²) >= 11 is 4.97. The van der Waals surface area contributed by atoms with Crippen LogP contribution in [0.15, 0.2) is 24.3 Å². The fourth-order valence-electron chi connectivity index (χ4n) is 3.07. The van der Waals surface area contributed by atoms with Gasteiger partial charge in [-0.2, -0.15) is 0 Å². The van der Waals surface area contributed by atoms with E-state index in [1.54, 1.807) is 0 Å². The van der Waals surface area contributed by atoms with Gasteiger partial charge in [0.05, 0.1) is 4.99 Å². The van der Waals surface area contributed by atoms with Crippen molar-refractivity contribution < 1.29 is 4.79 Å². The largest absolute Gasteiger partial charge is 0.393 e. The molecule has 108 valence electrons. The van der Waals surface area contributed by atoms with Gasteiger partial charge in [0, 0.05) is 25.1 Å². The first-order valence-corrected chi connectivity index (χ1v) is 7.53. The number of carbonyl (C=O) groups is 1. The van der Waals surface area contributed by atoms with Crippen molar-refractivity contribution in [2.45, 2.75) is 26.7 Å². The minimum absolute atomic E-state index is 0.107. The predicted molar refractivity (Wildman–Crippen MR) is 85.8 cm³/mol. The number of likely N-dealkylation sites (tertiary alicyclic amines) is 1. The Balaban J connectivity index is 2.22. The molecule has 0 aromatic heterocycles. The molecule has 3 nitrogen and oxygen atoms in total. The van der Waals surface area contributed by atoms with Crippen LogP contribution in [0, 0.1) is 11.8 Å². The highest BCUT2D eigenvalue weighted by Gasteiger charge is 2.27. The molecule has 0 bridgehead atoms. The van der Waals surface area contributed by atoms with E-state index in [0.717, 1.165) is 24.2 Å². The molecule has 2 atom stereocenters. The Hall–Kier alpha value is -1.42. The summed E-state index contributed by atoms with van der Waals surface area (Å²) in [6.45, 7) is 6.09. The summed E-state index contributed by atoms with van der Waals surface area (Å²) in [4.78, 5) is 15.1. The van der Waals surface area contributed by atoms with E-state index in [1.807, 2.05) is 29.2 Å². The lowest BCUT2D eigenvalue weighted by atomic mass is 9.91. The molecule has 1 amide bonds. The zero-order valence-electron chi connectivity index (χ0n) is 12.1. The summed E-state index contributed by atoms with van der Waals surface area (Å²) in [5.41, 5.74) is 7.29. The first-order chi connectivity index (χ1) is 9.47. The number of carbonyl (C=O) groups excluding carboxylic acids is 1. The second kappa shape index (κ2) is 6.35. The molecule has 1 aliphatic rings. The van der Waals surface area contributed by atoms with Gasteiger partial charge in [-0.3, -0.25) is 4.79 Å². The van der Waals surface area contributed by atoms with Gasteiger partial charge in [-0.25, -0.2) is 0 Å². The number of amides is 1. The molecule has 0 aliphatic carbocycles. The van der Waals surface area contributed by atoms with Gasteiger partial charge in [0.15, 0.2) is 0 Å². The van der Waals surface area contributed by atoms with Gasteiger partial charge in [0.2, 0.25) is 0 Å². The van der Waals surface area contributed by atoms with Gasteiger partial charge < -0.3 is 10.6 Å². The molecule has 0 spiro atoms. The Morgan fingerprint density at radius 3 is 2.50 bits per heavy atom. The average molecular weight is 290 g/mol. The Labute approximate surface area is 126 Å². The highest BCUT2D eigenvalue weighted by Crippen LogP contribution is 2.23. The van der Waals surface area contributed by atoms with Gasteiger partial charge >= 0.3 is 0 Å². The van der Waals surface area contributed by atoms with Gasteiger partial charge in [0.1, 0.15) is 0 Å². The number of hydrogen-bond donors (Lipinski definition) is 1. The van der Waals surface area contributed by atoms with E-state index in [0.29, 0.717) is 23.2 Å². The third-order valence-corrected chi connectivity index (χ3v) is 3.91. The SMILES string of the molecule is CC1CC(C)CN(C(=O)c2ccccc2CC(N)=S)C1. The van der Waals surface area contributed by atoms with Crippen molar-refractivity contribution >= 4 is 23.1 Å². The lowest BCUT2D eigenvalue weighted by Gasteiger charge is -2.35. The molecule has 1 fully saturated rings. The van der Waals surface area contributed by atoms with E-state index in [4.69, 9.17) is 18.0 Å². The fourth-order valence-corrected chi connectivity index (χ4v) is 3.23. The number of piperidine rings is 1. The zero-order valence-corrected chi connectivity index (χ0v) is 13.0. The quantitative estimate of drug-likeness (QED) is 0.871. The van der Waals surface area contributed by atoms with Crippen molar-refractivity contribution in [2.75, 3.05) is 13.1 Å². The summed E-state index contributed by atoms with van der Waals surface area (Å²) in [7, 11) is 0. The molecule has 1 heterocycles. The number of thiocarbonyl (C=S) groups is 1. The van der Waals surface area contributed by atoms with Crippen LogP contribution in [0.1, 0.15) is 36.2 Å². The van der Waals surface area contributed by atoms with Gasteiger partial charge in [-0.1, -0.05) is 44.3 Å². The fraction of sp³-hybridized carbons (Fsp3) is 0.500. The van der Waals surface area contributed by atoms with Crippen molar-refractivity contribution in [3.05, 3.63) is 35.4 Å². The van der Waals surface area contributed by atoms with Crippen molar-refractivity contribution in [2.24, 2.45) is 17.6 Å². The zero-order chi connectivity index (χ0) is 14.7. The first kappa shape index (κ1) is 15.0. The third kappa shape index (κ3) is 3.57. The molecule has 1 aliphatic heterocycles. The van der Waals surface area contributed by atoms with E-state index >= 15 is 0 Å². The van der Waals surface area contributed by atoms with Crippen LogP contribution >= 0.6 is 12.2 Å². The number of rotatable bonds is 3. The van der Waals surface area contributed by atoms with Crippen LogP contribution in [-0.4, -0.2) is 28.9 Å². The molecular formula is C16H22N2OS. The highest BCUT2D eigenvalue weighted by atomic mass is 32.1. The lowest BCUT2D eigenvalue weighted by molar-refractivity contribution is 0.0622. The molecule has 2 N–H and O–H groups in total. The minimum atomic E-state index is 0.107. The van der Waals surface area contributed by atoms with Crippen LogP contribution < -0.4 is 5.73 Å². The normalized spacial score (nSPS) is 22.6. The van der Waals surface area contributed by atoms with Crippen LogP contribution in [0.4, 0.5) is 0 Å². The van der Waals surface area contributed by atoms with Gasteiger partial charge in [0.25, 0.3) is 5.91 Å². The average Bonchev–Trinajstić information content (AvgIpc) is 2.36. The summed E-state index contributed by atoms with van der Waals surface area (Å²) < 4.78 is 0. The van der Waals surface area contributed by atoms with E-state index in [2.05, 4.69) is 13.8 Å². The third-order valence-electron chi connectivity index (χ3n) is 3.77. The lowest BCUT2D eigenvalue weighted by Crippen LogP contribution is -2.43. The Bertz CT molecular complexity index is 505. The second-order valence-electron chi connectivity index (χ2n) is 5.96. The summed E-state index contributed by atoms with van der Waals surface area (Å²) in [6.07, 6.45) is 1.68. The maximum Gasteiger partial charge on any atom is 0.254 e. The van der Waals surface area contributed by atoms with Gasteiger partial charge in [-0.05, 0) is 29.9 Å². The minimum Gasteiger partial charge on any atom is -0.393 e. The van der Waals surface area contributed by atoms with Crippen LogP contribution in [0.2, 0.25) is 0 Å². The smallest absolute Gasteiger partial charge is 0.254 e. The molecule has 4 heteroatoms. The standard InChI is InChI=1S/C16H22N2OS/c1-11-7-12(2)10-18(9-11)16(19)14-6-4-3-5-13(14)8-15(17)20/h3-6,11-12H,7-10H2,1-2H3,(H2,17,20). The van der Waals surface area contributed by atoms with Crippen molar-refractivity contribution in [3.8, 4) is 0 Å². The number of nitrogens with two attached hydrogens (primary N) is 1. The Morgan fingerprint density at radius 2 is 1.90 bits per heavy atom. The number of nitrogens with zero attached hydrogens (tertiary/aromatic N) is 1. The van der Waals surface area contributed by atoms with E-state index in [-0.39, 0.29) is 5.91 Å².